The Morgan fingerprint density at radius 3 is 2.06 bits per heavy atom. The Hall–Kier alpha value is -0.570. The van der Waals surface area contributed by atoms with Gasteiger partial charge in [0.1, 0.15) is 0 Å². The van der Waals surface area contributed by atoms with Gasteiger partial charge in [0.05, 0.1) is 24.7 Å². The van der Waals surface area contributed by atoms with Crippen molar-refractivity contribution in [3.63, 3.8) is 0 Å². The SMILES string of the molecule is C1CC2CC1C1OC21.CCC(C)(C)C(=O)OC. The average Bonchev–Trinajstić information content (AvgIpc) is 2.92. The third-order valence-electron chi connectivity index (χ3n) is 4.63. The summed E-state index contributed by atoms with van der Waals surface area (Å²) in [6.45, 7) is 5.72. The number of ether oxygens (including phenoxy) is 2. The van der Waals surface area contributed by atoms with Crippen molar-refractivity contribution >= 4 is 5.97 Å². The van der Waals surface area contributed by atoms with E-state index < -0.39 is 0 Å². The Balaban J connectivity index is 0.000000127. The van der Waals surface area contributed by atoms with Crippen LogP contribution in [0.3, 0.4) is 0 Å². The lowest BCUT2D eigenvalue weighted by Gasteiger charge is -2.17. The maximum atomic E-state index is 10.8. The zero-order chi connectivity index (χ0) is 12.6. The van der Waals surface area contributed by atoms with Crippen LogP contribution >= 0.6 is 0 Å². The van der Waals surface area contributed by atoms with Crippen molar-refractivity contribution in [2.24, 2.45) is 17.3 Å². The Bertz CT molecular complexity index is 284. The molecular weight excluding hydrogens is 216 g/mol. The topological polar surface area (TPSA) is 38.8 Å². The minimum atomic E-state index is -0.311. The number of hydrogen-bond donors (Lipinski definition) is 0. The van der Waals surface area contributed by atoms with E-state index in [9.17, 15) is 4.79 Å². The van der Waals surface area contributed by atoms with Gasteiger partial charge in [-0.25, -0.2) is 0 Å². The molecular formula is C14H24O3. The molecule has 3 heteroatoms. The fourth-order valence-corrected chi connectivity index (χ4v) is 2.96. The van der Waals surface area contributed by atoms with E-state index >= 15 is 0 Å². The maximum Gasteiger partial charge on any atom is 0.311 e. The fourth-order valence-electron chi connectivity index (χ4n) is 2.96. The van der Waals surface area contributed by atoms with Gasteiger partial charge in [-0.15, -0.1) is 0 Å². The van der Waals surface area contributed by atoms with Gasteiger partial charge in [-0.3, -0.25) is 4.79 Å². The van der Waals surface area contributed by atoms with Gasteiger partial charge in [0.2, 0.25) is 0 Å². The van der Waals surface area contributed by atoms with E-state index in [1.807, 2.05) is 20.8 Å². The number of rotatable bonds is 2. The first kappa shape index (κ1) is 12.9. The predicted molar refractivity (Wildman–Crippen MR) is 65.6 cm³/mol. The van der Waals surface area contributed by atoms with E-state index in [1.54, 1.807) is 0 Å². The molecule has 0 amide bonds. The first-order valence-electron chi connectivity index (χ1n) is 6.73. The van der Waals surface area contributed by atoms with Gasteiger partial charge in [-0.1, -0.05) is 6.92 Å². The van der Waals surface area contributed by atoms with Gasteiger partial charge in [0.25, 0.3) is 0 Å². The average molecular weight is 240 g/mol. The van der Waals surface area contributed by atoms with Crippen molar-refractivity contribution in [3.05, 3.63) is 0 Å². The molecule has 98 valence electrons. The molecule has 17 heavy (non-hydrogen) atoms. The summed E-state index contributed by atoms with van der Waals surface area (Å²) in [4.78, 5) is 10.8. The Morgan fingerprint density at radius 2 is 1.82 bits per heavy atom. The molecule has 0 spiro atoms. The number of epoxide rings is 1. The smallest absolute Gasteiger partial charge is 0.311 e. The van der Waals surface area contributed by atoms with Crippen LogP contribution in [0.4, 0.5) is 0 Å². The van der Waals surface area contributed by atoms with Crippen molar-refractivity contribution in [2.45, 2.75) is 58.7 Å². The largest absolute Gasteiger partial charge is 0.469 e. The summed E-state index contributed by atoms with van der Waals surface area (Å²) in [5.41, 5.74) is -0.311. The second-order valence-electron chi connectivity index (χ2n) is 6.13. The molecule has 0 N–H and O–H groups in total. The quantitative estimate of drug-likeness (QED) is 0.550. The Labute approximate surface area is 104 Å². The van der Waals surface area contributed by atoms with Crippen molar-refractivity contribution in [1.82, 2.24) is 0 Å². The second kappa shape index (κ2) is 4.60. The highest BCUT2D eigenvalue weighted by molar-refractivity contribution is 5.75. The molecule has 1 aliphatic heterocycles. The molecule has 1 saturated heterocycles. The van der Waals surface area contributed by atoms with Crippen LogP contribution in [0.25, 0.3) is 0 Å². The molecule has 0 aromatic heterocycles. The lowest BCUT2D eigenvalue weighted by molar-refractivity contribution is -0.150. The van der Waals surface area contributed by atoms with E-state index in [-0.39, 0.29) is 11.4 Å². The number of carbonyl (C=O) groups is 1. The van der Waals surface area contributed by atoms with Crippen molar-refractivity contribution in [3.8, 4) is 0 Å². The monoisotopic (exact) mass is 240 g/mol. The lowest BCUT2D eigenvalue weighted by Crippen LogP contribution is -2.24. The summed E-state index contributed by atoms with van der Waals surface area (Å²) in [7, 11) is 1.42. The minimum Gasteiger partial charge on any atom is -0.469 e. The summed E-state index contributed by atoms with van der Waals surface area (Å²) >= 11 is 0. The summed E-state index contributed by atoms with van der Waals surface area (Å²) in [5.74, 6) is 1.85. The van der Waals surface area contributed by atoms with Crippen LogP contribution in [0, 0.1) is 17.3 Å². The molecule has 2 bridgehead atoms. The molecule has 0 radical (unpaired) electrons. The molecule has 3 rings (SSSR count). The predicted octanol–water partition coefficient (Wildman–Crippen LogP) is 2.78. The molecule has 4 unspecified atom stereocenters. The van der Waals surface area contributed by atoms with Crippen LogP contribution in [-0.4, -0.2) is 25.3 Å². The van der Waals surface area contributed by atoms with Gasteiger partial charge in [-0.05, 0) is 51.4 Å². The highest BCUT2D eigenvalue weighted by Gasteiger charge is 2.59. The third kappa shape index (κ3) is 2.49. The molecule has 0 aromatic carbocycles. The van der Waals surface area contributed by atoms with Crippen LogP contribution in [0.1, 0.15) is 46.5 Å². The molecule has 2 saturated carbocycles. The fraction of sp³-hybridized carbons (Fsp3) is 0.929. The third-order valence-corrected chi connectivity index (χ3v) is 4.63. The maximum absolute atomic E-state index is 10.8. The Morgan fingerprint density at radius 1 is 1.29 bits per heavy atom. The molecule has 0 aromatic rings. The van der Waals surface area contributed by atoms with Gasteiger partial charge < -0.3 is 9.47 Å². The van der Waals surface area contributed by atoms with E-state index in [0.29, 0.717) is 0 Å². The molecule has 2 aliphatic carbocycles. The summed E-state index contributed by atoms with van der Waals surface area (Å²) in [5, 5.41) is 0. The van der Waals surface area contributed by atoms with Gasteiger partial charge in [0.15, 0.2) is 0 Å². The lowest BCUT2D eigenvalue weighted by atomic mass is 9.91. The summed E-state index contributed by atoms with van der Waals surface area (Å²) in [6, 6.07) is 0. The van der Waals surface area contributed by atoms with E-state index in [0.717, 1.165) is 30.5 Å². The van der Waals surface area contributed by atoms with Crippen molar-refractivity contribution in [2.75, 3.05) is 7.11 Å². The normalized spacial score (nSPS) is 36.9. The highest BCUT2D eigenvalue weighted by Crippen LogP contribution is 2.55. The second-order valence-corrected chi connectivity index (χ2v) is 6.13. The number of hydrogen-bond acceptors (Lipinski definition) is 3. The Kier molecular flexibility index (Phi) is 3.48. The number of carbonyl (C=O) groups excluding carboxylic acids is 1. The van der Waals surface area contributed by atoms with Gasteiger partial charge >= 0.3 is 5.97 Å². The first-order chi connectivity index (χ1) is 7.99. The minimum absolute atomic E-state index is 0.134. The highest BCUT2D eigenvalue weighted by atomic mass is 16.6. The molecule has 1 heterocycles. The van der Waals surface area contributed by atoms with Crippen LogP contribution in [0.5, 0.6) is 0 Å². The first-order valence-corrected chi connectivity index (χ1v) is 6.73. The van der Waals surface area contributed by atoms with Crippen LogP contribution in [0.2, 0.25) is 0 Å². The summed E-state index contributed by atoms with van der Waals surface area (Å²) in [6.07, 6.45) is 6.73. The molecule has 3 aliphatic rings. The van der Waals surface area contributed by atoms with Crippen LogP contribution in [-0.2, 0) is 14.3 Å². The van der Waals surface area contributed by atoms with Crippen LogP contribution < -0.4 is 0 Å². The molecule has 4 atom stereocenters. The van der Waals surface area contributed by atoms with E-state index in [4.69, 9.17) is 4.74 Å². The van der Waals surface area contributed by atoms with E-state index in [2.05, 4.69) is 4.74 Å². The molecule has 3 nitrogen and oxygen atoms in total. The van der Waals surface area contributed by atoms with Crippen molar-refractivity contribution in [1.29, 1.82) is 0 Å². The number of esters is 1. The number of methoxy groups -OCH3 is 1. The van der Waals surface area contributed by atoms with Crippen molar-refractivity contribution < 1.29 is 14.3 Å². The summed E-state index contributed by atoms with van der Waals surface area (Å²) < 4.78 is 10.0. The van der Waals surface area contributed by atoms with Gasteiger partial charge in [-0.2, -0.15) is 0 Å². The standard InChI is InChI=1S/C7H14O2.C7H10O/c1-5-7(2,3)6(8)9-4;1-2-5-3-4(1)6-7(5)8-6/h5H2,1-4H3;4-7H,1-3H2. The van der Waals surface area contributed by atoms with E-state index in [1.165, 1.54) is 26.4 Å². The zero-order valence-electron chi connectivity index (χ0n) is 11.4. The molecule has 3 fully saturated rings. The number of fused-ring (bicyclic) bond motifs is 5. The van der Waals surface area contributed by atoms with Gasteiger partial charge in [0, 0.05) is 0 Å². The zero-order valence-corrected chi connectivity index (χ0v) is 11.4. The van der Waals surface area contributed by atoms with Crippen LogP contribution in [0.15, 0.2) is 0 Å².